The number of benzene rings is 1. The molecule has 0 aromatic heterocycles. The van der Waals surface area contributed by atoms with E-state index in [2.05, 4.69) is 0 Å². The largest absolute Gasteiger partial charge is 0.393 e. The van der Waals surface area contributed by atoms with Crippen LogP contribution in [0.15, 0.2) is 18.2 Å². The van der Waals surface area contributed by atoms with Crippen molar-refractivity contribution < 1.29 is 14.2 Å². The van der Waals surface area contributed by atoms with Crippen LogP contribution in [0.2, 0.25) is 0 Å². The molecular weight excluding hydrogens is 183 g/mol. The van der Waals surface area contributed by atoms with Crippen LogP contribution in [0, 0.1) is 5.82 Å². The summed E-state index contributed by atoms with van der Waals surface area (Å²) in [4.78, 5) is 0. The van der Waals surface area contributed by atoms with Gasteiger partial charge in [-0.3, -0.25) is 0 Å². The lowest BCUT2D eigenvalue weighted by molar-refractivity contribution is -0.0554. The fourth-order valence-electron chi connectivity index (χ4n) is 2.13. The van der Waals surface area contributed by atoms with Crippen LogP contribution in [0.3, 0.4) is 0 Å². The highest BCUT2D eigenvalue weighted by atomic mass is 19.1. The highest BCUT2D eigenvalue weighted by molar-refractivity contribution is 5.38. The van der Waals surface area contributed by atoms with E-state index >= 15 is 0 Å². The number of halogens is 1. The summed E-state index contributed by atoms with van der Waals surface area (Å²) in [7, 11) is 1.58. The minimum atomic E-state index is -0.608. The average molecular weight is 196 g/mol. The van der Waals surface area contributed by atoms with Crippen LogP contribution in [0.1, 0.15) is 17.5 Å². The molecule has 0 aliphatic heterocycles. The first-order valence-corrected chi connectivity index (χ1v) is 4.67. The van der Waals surface area contributed by atoms with Gasteiger partial charge in [-0.15, -0.1) is 0 Å². The third kappa shape index (κ3) is 1.24. The van der Waals surface area contributed by atoms with Crippen molar-refractivity contribution in [3.05, 3.63) is 35.1 Å². The number of aliphatic hydroxyl groups excluding tert-OH is 1. The van der Waals surface area contributed by atoms with Crippen molar-refractivity contribution in [1.82, 2.24) is 0 Å². The smallest absolute Gasteiger partial charge is 0.123 e. The third-order valence-corrected chi connectivity index (χ3v) is 3.00. The van der Waals surface area contributed by atoms with Crippen LogP contribution in [0.25, 0.3) is 0 Å². The van der Waals surface area contributed by atoms with Crippen LogP contribution >= 0.6 is 0 Å². The van der Waals surface area contributed by atoms with Crippen molar-refractivity contribution in [3.63, 3.8) is 0 Å². The van der Waals surface area contributed by atoms with Crippen molar-refractivity contribution in [3.8, 4) is 0 Å². The molecule has 0 saturated carbocycles. The lowest BCUT2D eigenvalue weighted by Gasteiger charge is -2.26. The fourth-order valence-corrected chi connectivity index (χ4v) is 2.13. The van der Waals surface area contributed by atoms with Gasteiger partial charge >= 0.3 is 0 Å². The molecule has 0 amide bonds. The van der Waals surface area contributed by atoms with E-state index in [4.69, 9.17) is 4.74 Å². The monoisotopic (exact) mass is 196 g/mol. The predicted octanol–water partition coefficient (Wildman–Crippen LogP) is 1.61. The molecule has 14 heavy (non-hydrogen) atoms. The molecule has 0 bridgehead atoms. The molecule has 1 atom stereocenters. The Morgan fingerprint density at radius 2 is 2.36 bits per heavy atom. The maximum Gasteiger partial charge on any atom is 0.123 e. The molecule has 1 aromatic carbocycles. The Hall–Kier alpha value is -0.930. The van der Waals surface area contributed by atoms with Gasteiger partial charge in [0, 0.05) is 7.11 Å². The Kier molecular flexibility index (Phi) is 2.29. The second-order valence-electron chi connectivity index (χ2n) is 3.66. The van der Waals surface area contributed by atoms with Gasteiger partial charge in [0.1, 0.15) is 11.4 Å². The maximum absolute atomic E-state index is 12.9. The second kappa shape index (κ2) is 3.33. The topological polar surface area (TPSA) is 29.5 Å². The Balaban J connectivity index is 2.48. The van der Waals surface area contributed by atoms with Gasteiger partial charge < -0.3 is 9.84 Å². The number of fused-ring (bicyclic) bond motifs is 1. The molecule has 76 valence electrons. The molecule has 0 spiro atoms. The number of hydrogen-bond acceptors (Lipinski definition) is 2. The summed E-state index contributed by atoms with van der Waals surface area (Å²) in [5, 5.41) is 9.31. The standard InChI is InChI=1S/C11H13FO2/c1-14-11(7-13)5-4-8-6-9(12)2-3-10(8)11/h2-3,6,13H,4-5,7H2,1H3. The maximum atomic E-state index is 12.9. The van der Waals surface area contributed by atoms with Gasteiger partial charge in [0.15, 0.2) is 0 Å². The molecule has 1 N–H and O–H groups in total. The zero-order valence-corrected chi connectivity index (χ0v) is 8.09. The van der Waals surface area contributed by atoms with E-state index in [1.54, 1.807) is 13.2 Å². The van der Waals surface area contributed by atoms with Crippen LogP contribution in [-0.2, 0) is 16.8 Å². The van der Waals surface area contributed by atoms with Gasteiger partial charge in [-0.25, -0.2) is 4.39 Å². The first-order chi connectivity index (χ1) is 6.72. The Bertz CT molecular complexity index is 345. The molecule has 0 saturated heterocycles. The zero-order chi connectivity index (χ0) is 10.2. The number of ether oxygens (including phenoxy) is 1. The molecule has 1 aliphatic carbocycles. The van der Waals surface area contributed by atoms with E-state index in [9.17, 15) is 9.50 Å². The van der Waals surface area contributed by atoms with E-state index in [0.717, 1.165) is 24.0 Å². The summed E-state index contributed by atoms with van der Waals surface area (Å²) in [5.41, 5.74) is 1.26. The minimum Gasteiger partial charge on any atom is -0.393 e. The summed E-state index contributed by atoms with van der Waals surface area (Å²) in [6, 6.07) is 4.64. The summed E-state index contributed by atoms with van der Waals surface area (Å²) in [6.45, 7) is -0.0534. The quantitative estimate of drug-likeness (QED) is 0.778. The fraction of sp³-hybridized carbons (Fsp3) is 0.455. The Morgan fingerprint density at radius 3 is 3.00 bits per heavy atom. The van der Waals surface area contributed by atoms with E-state index in [1.807, 2.05) is 0 Å². The molecule has 2 rings (SSSR count). The lowest BCUT2D eigenvalue weighted by Crippen LogP contribution is -2.29. The van der Waals surface area contributed by atoms with E-state index in [0.29, 0.717) is 0 Å². The molecule has 1 unspecified atom stereocenters. The molecular formula is C11H13FO2. The van der Waals surface area contributed by atoms with Gasteiger partial charge in [0.2, 0.25) is 0 Å². The number of methoxy groups -OCH3 is 1. The number of rotatable bonds is 2. The molecule has 2 nitrogen and oxygen atoms in total. The summed E-state index contributed by atoms with van der Waals surface area (Å²) in [6.07, 6.45) is 1.49. The zero-order valence-electron chi connectivity index (χ0n) is 8.09. The van der Waals surface area contributed by atoms with Crippen LogP contribution in [-0.4, -0.2) is 18.8 Å². The average Bonchev–Trinajstić information content (AvgIpc) is 2.56. The molecule has 3 heteroatoms. The van der Waals surface area contributed by atoms with Gasteiger partial charge in [-0.2, -0.15) is 0 Å². The SMILES string of the molecule is COC1(CO)CCc2cc(F)ccc21. The molecule has 1 aromatic rings. The number of hydrogen-bond donors (Lipinski definition) is 1. The van der Waals surface area contributed by atoms with Crippen LogP contribution < -0.4 is 0 Å². The van der Waals surface area contributed by atoms with Gasteiger partial charge in [-0.1, -0.05) is 6.07 Å². The molecule has 1 aliphatic rings. The van der Waals surface area contributed by atoms with Crippen molar-refractivity contribution in [2.24, 2.45) is 0 Å². The minimum absolute atomic E-state index is 0.0534. The lowest BCUT2D eigenvalue weighted by atomic mass is 9.97. The van der Waals surface area contributed by atoms with Crippen molar-refractivity contribution in [2.75, 3.05) is 13.7 Å². The predicted molar refractivity (Wildman–Crippen MR) is 50.5 cm³/mol. The van der Waals surface area contributed by atoms with E-state index in [-0.39, 0.29) is 12.4 Å². The number of aliphatic hydroxyl groups is 1. The summed E-state index contributed by atoms with van der Waals surface area (Å²) >= 11 is 0. The summed E-state index contributed by atoms with van der Waals surface area (Å²) < 4.78 is 18.3. The molecule has 0 heterocycles. The van der Waals surface area contributed by atoms with E-state index < -0.39 is 5.60 Å². The third-order valence-electron chi connectivity index (χ3n) is 3.00. The van der Waals surface area contributed by atoms with Gasteiger partial charge in [0.05, 0.1) is 6.61 Å². The number of aryl methyl sites for hydroxylation is 1. The van der Waals surface area contributed by atoms with Crippen molar-refractivity contribution >= 4 is 0 Å². The van der Waals surface area contributed by atoms with Crippen molar-refractivity contribution in [1.29, 1.82) is 0 Å². The van der Waals surface area contributed by atoms with Crippen LogP contribution in [0.4, 0.5) is 4.39 Å². The highest BCUT2D eigenvalue weighted by Gasteiger charge is 2.38. The molecule has 0 radical (unpaired) electrons. The highest BCUT2D eigenvalue weighted by Crippen LogP contribution is 2.39. The van der Waals surface area contributed by atoms with Crippen molar-refractivity contribution in [2.45, 2.75) is 18.4 Å². The Labute approximate surface area is 82.3 Å². The van der Waals surface area contributed by atoms with Crippen LogP contribution in [0.5, 0.6) is 0 Å². The normalized spacial score (nSPS) is 25.1. The van der Waals surface area contributed by atoms with Gasteiger partial charge in [-0.05, 0) is 36.1 Å². The first kappa shape index (κ1) is 9.62. The van der Waals surface area contributed by atoms with Gasteiger partial charge in [0.25, 0.3) is 0 Å². The Morgan fingerprint density at radius 1 is 1.57 bits per heavy atom. The first-order valence-electron chi connectivity index (χ1n) is 4.67. The molecule has 0 fully saturated rings. The van der Waals surface area contributed by atoms with E-state index in [1.165, 1.54) is 12.1 Å². The second-order valence-corrected chi connectivity index (χ2v) is 3.66. The summed E-state index contributed by atoms with van der Waals surface area (Å²) in [5.74, 6) is -0.228.